The summed E-state index contributed by atoms with van der Waals surface area (Å²) in [6.07, 6.45) is 10.2. The normalized spacial score (nSPS) is 14.6. The minimum absolute atomic E-state index is 0.252. The second kappa shape index (κ2) is 9.61. The number of fused-ring (bicyclic) bond motifs is 1. The number of carbonyl (C=O) groups excluding carboxylic acids is 1. The van der Waals surface area contributed by atoms with E-state index in [1.807, 2.05) is 35.1 Å². The van der Waals surface area contributed by atoms with E-state index >= 15 is 0 Å². The Morgan fingerprint density at radius 1 is 1.03 bits per heavy atom. The molecule has 0 unspecified atom stereocenters. The van der Waals surface area contributed by atoms with Gasteiger partial charge in [-0.15, -0.1) is 0 Å². The first-order chi connectivity index (χ1) is 16.2. The maximum atomic E-state index is 13.2. The maximum absolute atomic E-state index is 13.2. The number of nitrogens with zero attached hydrogens (tertiary/aromatic N) is 5. The number of hydrogen-bond acceptors (Lipinski definition) is 3. The Bertz CT molecular complexity index is 1200. The lowest BCUT2D eigenvalue weighted by Crippen LogP contribution is -2.41. The summed E-state index contributed by atoms with van der Waals surface area (Å²) in [6, 6.07) is 18.8. The molecule has 0 N–H and O–H groups in total. The third-order valence-corrected chi connectivity index (χ3v) is 6.77. The molecule has 2 aromatic heterocycles. The van der Waals surface area contributed by atoms with E-state index in [4.69, 9.17) is 4.98 Å². The third kappa shape index (κ3) is 4.42. The van der Waals surface area contributed by atoms with Crippen molar-refractivity contribution in [1.29, 1.82) is 0 Å². The van der Waals surface area contributed by atoms with Crippen LogP contribution in [0.3, 0.4) is 0 Å². The predicted octanol–water partition coefficient (Wildman–Crippen LogP) is 5.46. The van der Waals surface area contributed by atoms with Crippen LogP contribution < -0.4 is 0 Å². The SMILES string of the molecule is CCN(C(=O)CCn1c(-c2ccc(-n3cccn3)cc2)nc2ccccc21)C1CCCCC1. The first kappa shape index (κ1) is 21.4. The standard InChI is InChI=1S/C27H31N5O/c1-2-30(22-9-4-3-5-10-22)26(33)17-20-31-25-12-7-6-11-24(25)29-27(31)21-13-15-23(16-14-21)32-19-8-18-28-32/h6-8,11-16,18-19,22H,2-5,9-10,17,20H2,1H3. The van der Waals surface area contributed by atoms with Crippen molar-refractivity contribution in [1.82, 2.24) is 24.2 Å². The lowest BCUT2D eigenvalue weighted by molar-refractivity contribution is -0.134. The van der Waals surface area contributed by atoms with E-state index in [-0.39, 0.29) is 5.91 Å². The zero-order valence-corrected chi connectivity index (χ0v) is 19.2. The molecule has 5 rings (SSSR count). The van der Waals surface area contributed by atoms with Crippen molar-refractivity contribution in [2.75, 3.05) is 6.54 Å². The Morgan fingerprint density at radius 3 is 2.55 bits per heavy atom. The maximum Gasteiger partial charge on any atom is 0.224 e. The number of aromatic nitrogens is 4. The number of imidazole rings is 1. The average Bonchev–Trinajstić information content (AvgIpc) is 3.52. The second-order valence-corrected chi connectivity index (χ2v) is 8.79. The zero-order chi connectivity index (χ0) is 22.6. The lowest BCUT2D eigenvalue weighted by atomic mass is 9.94. The monoisotopic (exact) mass is 441 g/mol. The zero-order valence-electron chi connectivity index (χ0n) is 19.2. The molecule has 2 heterocycles. The molecule has 0 spiro atoms. The van der Waals surface area contributed by atoms with Crippen LogP contribution in [0.4, 0.5) is 0 Å². The highest BCUT2D eigenvalue weighted by atomic mass is 16.2. The van der Waals surface area contributed by atoms with Gasteiger partial charge in [0.2, 0.25) is 5.91 Å². The summed E-state index contributed by atoms with van der Waals surface area (Å²) < 4.78 is 4.04. The van der Waals surface area contributed by atoms with Crippen LogP contribution in [-0.2, 0) is 11.3 Å². The highest BCUT2D eigenvalue weighted by molar-refractivity contribution is 5.81. The molecule has 1 amide bonds. The Labute approximate surface area is 194 Å². The summed E-state index contributed by atoms with van der Waals surface area (Å²) in [5, 5.41) is 4.31. The van der Waals surface area contributed by atoms with E-state index in [1.54, 1.807) is 6.20 Å². The van der Waals surface area contributed by atoms with Gasteiger partial charge >= 0.3 is 0 Å². The molecule has 0 radical (unpaired) electrons. The van der Waals surface area contributed by atoms with Crippen molar-refractivity contribution in [2.24, 2.45) is 0 Å². The lowest BCUT2D eigenvalue weighted by Gasteiger charge is -2.33. The van der Waals surface area contributed by atoms with Gasteiger partial charge in [-0.05, 0) is 62.2 Å². The molecule has 2 aromatic carbocycles. The average molecular weight is 442 g/mol. The highest BCUT2D eigenvalue weighted by Gasteiger charge is 2.24. The number of amides is 1. The van der Waals surface area contributed by atoms with Crippen molar-refractivity contribution in [3.63, 3.8) is 0 Å². The molecule has 33 heavy (non-hydrogen) atoms. The van der Waals surface area contributed by atoms with E-state index in [9.17, 15) is 4.79 Å². The van der Waals surface area contributed by atoms with Crippen molar-refractivity contribution in [3.8, 4) is 17.1 Å². The fourth-order valence-electron chi connectivity index (χ4n) is 5.09. The van der Waals surface area contributed by atoms with Gasteiger partial charge in [0.1, 0.15) is 5.82 Å². The number of aryl methyl sites for hydroxylation is 1. The molecule has 1 fully saturated rings. The van der Waals surface area contributed by atoms with Crippen LogP contribution >= 0.6 is 0 Å². The highest BCUT2D eigenvalue weighted by Crippen LogP contribution is 2.27. The van der Waals surface area contributed by atoms with Crippen LogP contribution in [0.15, 0.2) is 67.0 Å². The summed E-state index contributed by atoms with van der Waals surface area (Å²) in [5.74, 6) is 1.15. The Hall–Kier alpha value is -3.41. The Kier molecular flexibility index (Phi) is 6.24. The summed E-state index contributed by atoms with van der Waals surface area (Å²) in [7, 11) is 0. The molecule has 6 heteroatoms. The van der Waals surface area contributed by atoms with E-state index < -0.39 is 0 Å². The summed E-state index contributed by atoms with van der Waals surface area (Å²) >= 11 is 0. The van der Waals surface area contributed by atoms with E-state index in [2.05, 4.69) is 51.8 Å². The van der Waals surface area contributed by atoms with Gasteiger partial charge in [0.25, 0.3) is 0 Å². The summed E-state index contributed by atoms with van der Waals surface area (Å²) in [6.45, 7) is 3.51. The van der Waals surface area contributed by atoms with Crippen molar-refractivity contribution in [3.05, 3.63) is 67.0 Å². The molecular weight excluding hydrogens is 410 g/mol. The fourth-order valence-corrected chi connectivity index (χ4v) is 5.09. The minimum Gasteiger partial charge on any atom is -0.340 e. The first-order valence-corrected chi connectivity index (χ1v) is 12.1. The molecule has 0 bridgehead atoms. The van der Waals surface area contributed by atoms with Gasteiger partial charge in [-0.25, -0.2) is 9.67 Å². The van der Waals surface area contributed by atoms with E-state index in [0.717, 1.165) is 47.5 Å². The molecule has 1 aliphatic rings. The van der Waals surface area contributed by atoms with Gasteiger partial charge in [0.15, 0.2) is 0 Å². The van der Waals surface area contributed by atoms with Gasteiger partial charge in [-0.1, -0.05) is 31.4 Å². The van der Waals surface area contributed by atoms with Gasteiger partial charge in [-0.2, -0.15) is 5.10 Å². The molecule has 0 atom stereocenters. The van der Waals surface area contributed by atoms with Crippen LogP contribution in [0, 0.1) is 0 Å². The van der Waals surface area contributed by atoms with Crippen LogP contribution in [0.25, 0.3) is 28.1 Å². The van der Waals surface area contributed by atoms with Crippen LogP contribution in [0.5, 0.6) is 0 Å². The molecule has 1 saturated carbocycles. The van der Waals surface area contributed by atoms with Crippen LogP contribution in [0.2, 0.25) is 0 Å². The molecule has 0 aliphatic heterocycles. The smallest absolute Gasteiger partial charge is 0.224 e. The summed E-state index contributed by atoms with van der Waals surface area (Å²) in [4.78, 5) is 20.2. The molecule has 1 aliphatic carbocycles. The molecule has 6 nitrogen and oxygen atoms in total. The molecule has 0 saturated heterocycles. The van der Waals surface area contributed by atoms with E-state index in [0.29, 0.717) is 19.0 Å². The van der Waals surface area contributed by atoms with Gasteiger partial charge < -0.3 is 9.47 Å². The Morgan fingerprint density at radius 2 is 1.82 bits per heavy atom. The molecular formula is C27H31N5O. The fraction of sp³-hybridized carbons (Fsp3) is 0.370. The van der Waals surface area contributed by atoms with Crippen LogP contribution in [0.1, 0.15) is 45.4 Å². The number of rotatable bonds is 7. The number of carbonyl (C=O) groups is 1. The number of para-hydroxylation sites is 2. The predicted molar refractivity (Wildman–Crippen MR) is 131 cm³/mol. The second-order valence-electron chi connectivity index (χ2n) is 8.79. The minimum atomic E-state index is 0.252. The first-order valence-electron chi connectivity index (χ1n) is 12.1. The largest absolute Gasteiger partial charge is 0.340 e. The molecule has 170 valence electrons. The van der Waals surface area contributed by atoms with Crippen molar-refractivity contribution >= 4 is 16.9 Å². The Balaban J connectivity index is 1.40. The topological polar surface area (TPSA) is 56.0 Å². The van der Waals surface area contributed by atoms with Gasteiger partial charge in [-0.3, -0.25) is 4.79 Å². The number of benzene rings is 2. The quantitative estimate of drug-likeness (QED) is 0.383. The van der Waals surface area contributed by atoms with Crippen molar-refractivity contribution in [2.45, 2.75) is 58.0 Å². The van der Waals surface area contributed by atoms with Gasteiger partial charge in [0, 0.05) is 43.5 Å². The van der Waals surface area contributed by atoms with Crippen molar-refractivity contribution < 1.29 is 4.79 Å². The summed E-state index contributed by atoms with van der Waals surface area (Å²) in [5.41, 5.74) is 4.06. The van der Waals surface area contributed by atoms with Crippen LogP contribution in [-0.4, -0.2) is 42.7 Å². The number of hydrogen-bond donors (Lipinski definition) is 0. The third-order valence-electron chi connectivity index (χ3n) is 6.77. The molecule has 4 aromatic rings. The van der Waals surface area contributed by atoms with Gasteiger partial charge in [0.05, 0.1) is 16.7 Å². The van der Waals surface area contributed by atoms with E-state index in [1.165, 1.54) is 19.3 Å².